The average molecular weight is 338 g/mol. The number of nitrogens with one attached hydrogen (secondary N) is 1. The van der Waals surface area contributed by atoms with Gasteiger partial charge in [-0.25, -0.2) is 0 Å². The molecule has 2 amide bonds. The van der Waals surface area contributed by atoms with Crippen molar-refractivity contribution in [2.24, 2.45) is 11.8 Å². The van der Waals surface area contributed by atoms with Crippen LogP contribution in [0.1, 0.15) is 26.3 Å². The highest BCUT2D eigenvalue weighted by Gasteiger charge is 2.19. The Morgan fingerprint density at radius 3 is 2.32 bits per heavy atom. The number of benzene rings is 2. The van der Waals surface area contributed by atoms with Crippen LogP contribution in [0.4, 0.5) is 11.4 Å². The van der Waals surface area contributed by atoms with Gasteiger partial charge in [-0.3, -0.25) is 9.59 Å². The van der Waals surface area contributed by atoms with E-state index in [1.807, 2.05) is 75.4 Å². The second-order valence-electron chi connectivity index (χ2n) is 6.68. The zero-order valence-electron chi connectivity index (χ0n) is 15.3. The first-order valence-corrected chi connectivity index (χ1v) is 8.61. The summed E-state index contributed by atoms with van der Waals surface area (Å²) in [5.74, 6) is -0.155. The van der Waals surface area contributed by atoms with E-state index in [1.165, 1.54) is 0 Å². The third-order valence-electron chi connectivity index (χ3n) is 4.16. The molecule has 2 aromatic carbocycles. The van der Waals surface area contributed by atoms with E-state index >= 15 is 0 Å². The maximum Gasteiger partial charge on any atom is 0.229 e. The monoisotopic (exact) mass is 338 g/mol. The molecule has 2 aromatic rings. The van der Waals surface area contributed by atoms with Crippen molar-refractivity contribution in [2.75, 3.05) is 17.3 Å². The molecule has 0 saturated carbocycles. The number of hydrogen-bond acceptors (Lipinski definition) is 2. The zero-order valence-corrected chi connectivity index (χ0v) is 15.3. The highest BCUT2D eigenvalue weighted by atomic mass is 16.2. The van der Waals surface area contributed by atoms with Gasteiger partial charge in [-0.15, -0.1) is 0 Å². The van der Waals surface area contributed by atoms with Crippen LogP contribution in [0, 0.1) is 11.8 Å². The predicted molar refractivity (Wildman–Crippen MR) is 103 cm³/mol. The second kappa shape index (κ2) is 8.47. The molecule has 0 bridgehead atoms. The van der Waals surface area contributed by atoms with Crippen molar-refractivity contribution >= 4 is 23.2 Å². The van der Waals surface area contributed by atoms with Crippen molar-refractivity contribution in [2.45, 2.75) is 27.2 Å². The molecule has 0 aliphatic rings. The fraction of sp³-hybridized carbons (Fsp3) is 0.333. The molecule has 0 aliphatic carbocycles. The molecule has 4 heteroatoms. The normalized spacial score (nSPS) is 11.9. The van der Waals surface area contributed by atoms with Crippen molar-refractivity contribution in [1.82, 2.24) is 0 Å². The maximum atomic E-state index is 12.7. The summed E-state index contributed by atoms with van der Waals surface area (Å²) in [4.78, 5) is 26.2. The highest BCUT2D eigenvalue weighted by molar-refractivity contribution is 5.94. The lowest BCUT2D eigenvalue weighted by Crippen LogP contribution is -2.32. The summed E-state index contributed by atoms with van der Waals surface area (Å²) >= 11 is 0. The van der Waals surface area contributed by atoms with Crippen LogP contribution in [0.2, 0.25) is 0 Å². The van der Waals surface area contributed by atoms with Crippen LogP contribution >= 0.6 is 0 Å². The molecule has 25 heavy (non-hydrogen) atoms. The Labute approximate surface area is 149 Å². The first-order valence-electron chi connectivity index (χ1n) is 8.61. The smallest absolute Gasteiger partial charge is 0.229 e. The molecule has 0 spiro atoms. The molecule has 1 unspecified atom stereocenters. The molecule has 0 radical (unpaired) electrons. The van der Waals surface area contributed by atoms with E-state index in [2.05, 4.69) is 5.32 Å². The highest BCUT2D eigenvalue weighted by Crippen LogP contribution is 2.19. The minimum absolute atomic E-state index is 0.00918. The van der Waals surface area contributed by atoms with Crippen LogP contribution in [0.15, 0.2) is 54.6 Å². The van der Waals surface area contributed by atoms with E-state index in [4.69, 9.17) is 0 Å². The minimum atomic E-state index is -0.152. The van der Waals surface area contributed by atoms with Crippen molar-refractivity contribution in [3.8, 4) is 0 Å². The summed E-state index contributed by atoms with van der Waals surface area (Å²) in [6.07, 6.45) is 0.626. The molecule has 0 fully saturated rings. The molecule has 2 rings (SSSR count). The number of nitrogens with zero attached hydrogens (tertiary/aromatic N) is 1. The predicted octanol–water partition coefficient (Wildman–Crippen LogP) is 4.12. The lowest BCUT2D eigenvalue weighted by atomic mass is 9.99. The van der Waals surface area contributed by atoms with Crippen LogP contribution in [0.25, 0.3) is 0 Å². The van der Waals surface area contributed by atoms with Crippen molar-refractivity contribution < 1.29 is 9.59 Å². The van der Waals surface area contributed by atoms with Gasteiger partial charge in [0.2, 0.25) is 11.8 Å². The summed E-state index contributed by atoms with van der Waals surface area (Å²) < 4.78 is 0. The van der Waals surface area contributed by atoms with Gasteiger partial charge in [-0.1, -0.05) is 51.1 Å². The zero-order chi connectivity index (χ0) is 18.4. The molecule has 1 N–H and O–H groups in total. The van der Waals surface area contributed by atoms with Crippen molar-refractivity contribution in [3.05, 3.63) is 60.2 Å². The minimum Gasteiger partial charge on any atom is -0.326 e. The Morgan fingerprint density at radius 1 is 1.00 bits per heavy atom. The standard InChI is InChI=1S/C21H26N2O2/c1-15(2)20(24)22-18-10-8-9-17(14-18)13-16(3)21(25)23(4)19-11-6-5-7-12-19/h5-12,14-16H,13H2,1-4H3,(H,22,24). The number of para-hydroxylation sites is 1. The topological polar surface area (TPSA) is 49.4 Å². The number of carbonyl (C=O) groups excluding carboxylic acids is 2. The van der Waals surface area contributed by atoms with Crippen LogP contribution in [-0.2, 0) is 16.0 Å². The van der Waals surface area contributed by atoms with Crippen LogP contribution < -0.4 is 10.2 Å². The summed E-state index contributed by atoms with van der Waals surface area (Å²) in [5, 5.41) is 2.90. The molecule has 0 aliphatic heterocycles. The van der Waals surface area contributed by atoms with E-state index in [0.29, 0.717) is 6.42 Å². The van der Waals surface area contributed by atoms with E-state index in [-0.39, 0.29) is 23.7 Å². The van der Waals surface area contributed by atoms with Gasteiger partial charge >= 0.3 is 0 Å². The molecule has 0 saturated heterocycles. The Morgan fingerprint density at radius 2 is 1.68 bits per heavy atom. The lowest BCUT2D eigenvalue weighted by molar-refractivity contribution is -0.121. The molecule has 1 atom stereocenters. The van der Waals surface area contributed by atoms with Gasteiger partial charge < -0.3 is 10.2 Å². The van der Waals surface area contributed by atoms with Gasteiger partial charge in [0.25, 0.3) is 0 Å². The molecule has 0 heterocycles. The van der Waals surface area contributed by atoms with Crippen LogP contribution in [-0.4, -0.2) is 18.9 Å². The van der Waals surface area contributed by atoms with Crippen LogP contribution in [0.5, 0.6) is 0 Å². The van der Waals surface area contributed by atoms with Gasteiger partial charge in [-0.2, -0.15) is 0 Å². The van der Waals surface area contributed by atoms with Gasteiger partial charge in [-0.05, 0) is 36.2 Å². The SMILES string of the molecule is CC(C)C(=O)Nc1cccc(CC(C)C(=O)N(C)c2ccccc2)c1. The van der Waals surface area contributed by atoms with Gasteiger partial charge in [0.05, 0.1) is 0 Å². The van der Waals surface area contributed by atoms with E-state index < -0.39 is 0 Å². The number of amides is 2. The Kier molecular flexibility index (Phi) is 6.34. The molecular weight excluding hydrogens is 312 g/mol. The first kappa shape index (κ1) is 18.7. The fourth-order valence-corrected chi connectivity index (χ4v) is 2.61. The number of rotatable bonds is 6. The van der Waals surface area contributed by atoms with E-state index in [9.17, 15) is 9.59 Å². The molecule has 0 aromatic heterocycles. The molecular formula is C21H26N2O2. The van der Waals surface area contributed by atoms with E-state index in [1.54, 1.807) is 11.9 Å². The largest absolute Gasteiger partial charge is 0.326 e. The average Bonchev–Trinajstić information content (AvgIpc) is 2.61. The molecule has 4 nitrogen and oxygen atoms in total. The quantitative estimate of drug-likeness (QED) is 0.861. The lowest BCUT2D eigenvalue weighted by Gasteiger charge is -2.21. The van der Waals surface area contributed by atoms with Gasteiger partial charge in [0, 0.05) is 30.3 Å². The van der Waals surface area contributed by atoms with Crippen LogP contribution in [0.3, 0.4) is 0 Å². The maximum absolute atomic E-state index is 12.7. The third kappa shape index (κ3) is 5.18. The summed E-state index contributed by atoms with van der Waals surface area (Å²) in [6, 6.07) is 17.3. The number of hydrogen-bond donors (Lipinski definition) is 1. The Hall–Kier alpha value is -2.62. The summed E-state index contributed by atoms with van der Waals surface area (Å²) in [7, 11) is 1.80. The number of carbonyl (C=O) groups is 2. The van der Waals surface area contributed by atoms with E-state index in [0.717, 1.165) is 16.9 Å². The van der Waals surface area contributed by atoms with Gasteiger partial charge in [0.1, 0.15) is 0 Å². The van der Waals surface area contributed by atoms with Crippen molar-refractivity contribution in [1.29, 1.82) is 0 Å². The summed E-state index contributed by atoms with van der Waals surface area (Å²) in [6.45, 7) is 5.65. The third-order valence-corrected chi connectivity index (χ3v) is 4.16. The Balaban J connectivity index is 2.03. The first-order chi connectivity index (χ1) is 11.9. The van der Waals surface area contributed by atoms with Crippen molar-refractivity contribution in [3.63, 3.8) is 0 Å². The fourth-order valence-electron chi connectivity index (χ4n) is 2.61. The Bertz CT molecular complexity index is 726. The second-order valence-corrected chi connectivity index (χ2v) is 6.68. The summed E-state index contributed by atoms with van der Waals surface area (Å²) in [5.41, 5.74) is 2.69. The number of anilines is 2. The van der Waals surface area contributed by atoms with Gasteiger partial charge in [0.15, 0.2) is 0 Å². The molecule has 132 valence electrons.